The minimum atomic E-state index is -0.761. The van der Waals surface area contributed by atoms with Gasteiger partial charge in [-0.05, 0) is 45.2 Å². The average Bonchev–Trinajstić information content (AvgIpc) is 2.82. The number of likely N-dealkylation sites (tertiary alicyclic amines) is 1. The Morgan fingerprint density at radius 1 is 1.21 bits per heavy atom. The lowest BCUT2D eigenvalue weighted by Gasteiger charge is -2.35. The maximum Gasteiger partial charge on any atom is 0.306 e. The molecule has 0 aromatic rings. The van der Waals surface area contributed by atoms with Crippen molar-refractivity contribution >= 4 is 11.9 Å². The zero-order chi connectivity index (χ0) is 14.0. The molecule has 1 saturated heterocycles. The quantitative estimate of drug-likeness (QED) is 0.799. The van der Waals surface area contributed by atoms with Gasteiger partial charge in [-0.15, -0.1) is 0 Å². The maximum atomic E-state index is 12.2. The zero-order valence-corrected chi connectivity index (χ0v) is 11.8. The van der Waals surface area contributed by atoms with Crippen LogP contribution >= 0.6 is 0 Å². The molecule has 1 saturated carbocycles. The second kappa shape index (κ2) is 5.90. The zero-order valence-electron chi connectivity index (χ0n) is 11.8. The van der Waals surface area contributed by atoms with E-state index in [1.165, 1.54) is 0 Å². The molecular weight excluding hydrogens is 244 g/mol. The van der Waals surface area contributed by atoms with Gasteiger partial charge in [0.25, 0.3) is 0 Å². The predicted octanol–water partition coefficient (Wildman–Crippen LogP) is 0.944. The van der Waals surface area contributed by atoms with E-state index in [9.17, 15) is 9.59 Å². The Labute approximate surface area is 114 Å². The number of carbonyl (C=O) groups is 2. The number of amides is 1. The van der Waals surface area contributed by atoms with Crippen molar-refractivity contribution < 1.29 is 14.7 Å². The van der Waals surface area contributed by atoms with Crippen LogP contribution in [0.4, 0.5) is 0 Å². The lowest BCUT2D eigenvalue weighted by Crippen LogP contribution is -2.50. The summed E-state index contributed by atoms with van der Waals surface area (Å²) < 4.78 is 0. The normalized spacial score (nSPS) is 36.1. The molecule has 1 heterocycles. The van der Waals surface area contributed by atoms with E-state index in [0.717, 1.165) is 19.5 Å². The molecule has 0 spiro atoms. The number of piperidine rings is 1. The molecule has 5 heteroatoms. The van der Waals surface area contributed by atoms with Crippen LogP contribution < -0.4 is 5.32 Å². The van der Waals surface area contributed by atoms with Crippen LogP contribution in [0.1, 0.15) is 32.6 Å². The van der Waals surface area contributed by atoms with Gasteiger partial charge >= 0.3 is 5.97 Å². The molecule has 4 atom stereocenters. The first-order valence-corrected chi connectivity index (χ1v) is 7.19. The number of aliphatic carboxylic acids is 1. The first-order valence-electron chi connectivity index (χ1n) is 7.19. The van der Waals surface area contributed by atoms with Crippen LogP contribution in [0.15, 0.2) is 0 Å². The van der Waals surface area contributed by atoms with Crippen molar-refractivity contribution in [3.63, 3.8) is 0 Å². The van der Waals surface area contributed by atoms with Gasteiger partial charge in [-0.25, -0.2) is 0 Å². The van der Waals surface area contributed by atoms with E-state index < -0.39 is 5.97 Å². The fourth-order valence-corrected chi connectivity index (χ4v) is 3.31. The molecule has 108 valence electrons. The SMILES string of the molecule is CC1CN(C)CCC1NC(=O)[C@@H]1CC[C@H](C(=O)O)C1. The van der Waals surface area contributed by atoms with Crippen molar-refractivity contribution in [3.05, 3.63) is 0 Å². The maximum absolute atomic E-state index is 12.2. The van der Waals surface area contributed by atoms with Crippen molar-refractivity contribution in [2.24, 2.45) is 17.8 Å². The summed E-state index contributed by atoms with van der Waals surface area (Å²) in [5.41, 5.74) is 0. The van der Waals surface area contributed by atoms with E-state index >= 15 is 0 Å². The van der Waals surface area contributed by atoms with Crippen LogP contribution in [0.3, 0.4) is 0 Å². The highest BCUT2D eigenvalue weighted by Crippen LogP contribution is 2.31. The molecule has 19 heavy (non-hydrogen) atoms. The molecule has 1 aliphatic heterocycles. The molecule has 1 aliphatic carbocycles. The van der Waals surface area contributed by atoms with Gasteiger partial charge in [0, 0.05) is 18.5 Å². The number of rotatable bonds is 3. The average molecular weight is 268 g/mol. The van der Waals surface area contributed by atoms with Gasteiger partial charge in [-0.1, -0.05) is 6.92 Å². The molecule has 2 unspecified atom stereocenters. The molecule has 0 radical (unpaired) electrons. The van der Waals surface area contributed by atoms with Crippen LogP contribution in [-0.2, 0) is 9.59 Å². The summed E-state index contributed by atoms with van der Waals surface area (Å²) in [5.74, 6) is -0.675. The third-order valence-electron chi connectivity index (χ3n) is 4.59. The minimum absolute atomic E-state index is 0.0603. The van der Waals surface area contributed by atoms with E-state index in [4.69, 9.17) is 5.11 Å². The Hall–Kier alpha value is -1.10. The number of carbonyl (C=O) groups excluding carboxylic acids is 1. The smallest absolute Gasteiger partial charge is 0.306 e. The second-order valence-electron chi connectivity index (χ2n) is 6.19. The number of nitrogens with one attached hydrogen (secondary N) is 1. The van der Waals surface area contributed by atoms with E-state index in [1.807, 2.05) is 0 Å². The molecule has 5 nitrogen and oxygen atoms in total. The van der Waals surface area contributed by atoms with Gasteiger partial charge in [0.05, 0.1) is 5.92 Å². The lowest BCUT2D eigenvalue weighted by atomic mass is 9.93. The highest BCUT2D eigenvalue weighted by atomic mass is 16.4. The number of nitrogens with zero attached hydrogens (tertiary/aromatic N) is 1. The Morgan fingerprint density at radius 2 is 1.89 bits per heavy atom. The van der Waals surface area contributed by atoms with Crippen LogP contribution in [0.5, 0.6) is 0 Å². The van der Waals surface area contributed by atoms with Crippen LogP contribution in [0.25, 0.3) is 0 Å². The third-order valence-corrected chi connectivity index (χ3v) is 4.59. The predicted molar refractivity (Wildman–Crippen MR) is 71.7 cm³/mol. The number of carboxylic acid groups (broad SMARTS) is 1. The Morgan fingerprint density at radius 3 is 2.47 bits per heavy atom. The van der Waals surface area contributed by atoms with Gasteiger partial charge in [0.15, 0.2) is 0 Å². The number of hydrogen-bond donors (Lipinski definition) is 2. The fourth-order valence-electron chi connectivity index (χ4n) is 3.31. The standard InChI is InChI=1S/C14H24N2O3/c1-9-8-16(2)6-5-12(9)15-13(17)10-3-4-11(7-10)14(18)19/h9-12H,3-8H2,1-2H3,(H,15,17)(H,18,19)/t9?,10-,11+,12?/m1/s1. The summed E-state index contributed by atoms with van der Waals surface area (Å²) in [6.07, 6.45) is 2.83. The summed E-state index contributed by atoms with van der Waals surface area (Å²) >= 11 is 0. The molecule has 2 rings (SSSR count). The lowest BCUT2D eigenvalue weighted by molar-refractivity contribution is -0.141. The monoisotopic (exact) mass is 268 g/mol. The highest BCUT2D eigenvalue weighted by Gasteiger charge is 2.35. The Bertz CT molecular complexity index is 359. The minimum Gasteiger partial charge on any atom is -0.481 e. The summed E-state index contributed by atoms with van der Waals surface area (Å²) in [6.45, 7) is 4.18. The molecule has 0 aromatic heterocycles. The van der Waals surface area contributed by atoms with Crippen LogP contribution in [0, 0.1) is 17.8 Å². The largest absolute Gasteiger partial charge is 0.481 e. The van der Waals surface area contributed by atoms with Crippen LogP contribution in [-0.4, -0.2) is 48.1 Å². The van der Waals surface area contributed by atoms with E-state index in [0.29, 0.717) is 25.2 Å². The van der Waals surface area contributed by atoms with Gasteiger partial charge in [0.2, 0.25) is 5.91 Å². The van der Waals surface area contributed by atoms with E-state index in [-0.39, 0.29) is 23.8 Å². The first-order chi connectivity index (χ1) is 8.97. The van der Waals surface area contributed by atoms with E-state index in [2.05, 4.69) is 24.2 Å². The van der Waals surface area contributed by atoms with Gasteiger partial charge < -0.3 is 15.3 Å². The van der Waals surface area contributed by atoms with Gasteiger partial charge in [0.1, 0.15) is 0 Å². The summed E-state index contributed by atoms with van der Waals surface area (Å²) in [6, 6.07) is 0.243. The summed E-state index contributed by atoms with van der Waals surface area (Å²) in [7, 11) is 2.10. The highest BCUT2D eigenvalue weighted by molar-refractivity contribution is 5.81. The van der Waals surface area contributed by atoms with Gasteiger partial charge in [-0.2, -0.15) is 0 Å². The van der Waals surface area contributed by atoms with E-state index in [1.54, 1.807) is 0 Å². The molecule has 1 amide bonds. The summed E-state index contributed by atoms with van der Waals surface area (Å²) in [4.78, 5) is 25.4. The second-order valence-corrected chi connectivity index (χ2v) is 6.19. The fraction of sp³-hybridized carbons (Fsp3) is 0.857. The van der Waals surface area contributed by atoms with Crippen molar-refractivity contribution in [1.29, 1.82) is 0 Å². The third kappa shape index (κ3) is 3.47. The Kier molecular flexibility index (Phi) is 4.45. The van der Waals surface area contributed by atoms with Crippen molar-refractivity contribution in [2.75, 3.05) is 20.1 Å². The molecule has 2 aliphatic rings. The van der Waals surface area contributed by atoms with Crippen molar-refractivity contribution in [3.8, 4) is 0 Å². The number of carboxylic acids is 1. The molecule has 0 bridgehead atoms. The Balaban J connectivity index is 1.83. The molecule has 2 fully saturated rings. The molecule has 0 aromatic carbocycles. The molecular formula is C14H24N2O3. The van der Waals surface area contributed by atoms with Crippen molar-refractivity contribution in [2.45, 2.75) is 38.6 Å². The van der Waals surface area contributed by atoms with Gasteiger partial charge in [-0.3, -0.25) is 9.59 Å². The number of hydrogen-bond acceptors (Lipinski definition) is 3. The van der Waals surface area contributed by atoms with Crippen LogP contribution in [0.2, 0.25) is 0 Å². The topological polar surface area (TPSA) is 69.6 Å². The first kappa shape index (κ1) is 14.3. The molecule has 2 N–H and O–H groups in total. The van der Waals surface area contributed by atoms with Crippen molar-refractivity contribution in [1.82, 2.24) is 10.2 Å². The summed E-state index contributed by atoms with van der Waals surface area (Å²) in [5, 5.41) is 12.1.